The van der Waals surface area contributed by atoms with Gasteiger partial charge in [0.05, 0.1) is 0 Å². The predicted molar refractivity (Wildman–Crippen MR) is 60.0 cm³/mol. The summed E-state index contributed by atoms with van der Waals surface area (Å²) in [5, 5.41) is 8.94. The van der Waals surface area contributed by atoms with Gasteiger partial charge >= 0.3 is 5.97 Å². The van der Waals surface area contributed by atoms with Crippen LogP contribution in [-0.2, 0) is 9.53 Å². The van der Waals surface area contributed by atoms with Crippen LogP contribution in [-0.4, -0.2) is 47.8 Å². The molecule has 4 heteroatoms. The molecule has 0 fully saturated rings. The number of ether oxygens (including phenoxy) is 1. The lowest BCUT2D eigenvalue weighted by Crippen LogP contribution is -2.47. The van der Waals surface area contributed by atoms with Crippen LogP contribution in [0.2, 0.25) is 0 Å². The van der Waals surface area contributed by atoms with E-state index in [4.69, 9.17) is 9.84 Å². The Labute approximate surface area is 92.2 Å². The van der Waals surface area contributed by atoms with Gasteiger partial charge < -0.3 is 9.84 Å². The third-order valence-electron chi connectivity index (χ3n) is 2.98. The summed E-state index contributed by atoms with van der Waals surface area (Å²) in [6.07, 6.45) is 0.243. The van der Waals surface area contributed by atoms with Gasteiger partial charge in [-0.1, -0.05) is 6.92 Å². The van der Waals surface area contributed by atoms with E-state index in [1.54, 1.807) is 6.92 Å². The Morgan fingerprint density at radius 2 is 2.00 bits per heavy atom. The summed E-state index contributed by atoms with van der Waals surface area (Å²) < 4.78 is 5.17. The van der Waals surface area contributed by atoms with E-state index in [2.05, 4.69) is 20.8 Å². The molecule has 1 unspecified atom stereocenters. The van der Waals surface area contributed by atoms with Gasteiger partial charge in [-0.25, -0.2) is 4.79 Å². The van der Waals surface area contributed by atoms with Crippen LogP contribution in [0.25, 0.3) is 0 Å². The van der Waals surface area contributed by atoms with Crippen molar-refractivity contribution in [2.24, 2.45) is 0 Å². The Bertz CT molecular complexity index is 204. The Morgan fingerprint density at radius 1 is 1.47 bits per heavy atom. The SMILES string of the molecule is CCOC(CN(C)C(C)(C)CC)C(=O)O. The lowest BCUT2D eigenvalue weighted by atomic mass is 9.99. The largest absolute Gasteiger partial charge is 0.479 e. The van der Waals surface area contributed by atoms with Crippen molar-refractivity contribution in [1.29, 1.82) is 0 Å². The molecule has 0 aliphatic rings. The molecule has 0 radical (unpaired) electrons. The van der Waals surface area contributed by atoms with Gasteiger partial charge in [-0.15, -0.1) is 0 Å². The Balaban J connectivity index is 4.34. The highest BCUT2D eigenvalue weighted by Gasteiger charge is 2.27. The van der Waals surface area contributed by atoms with Crippen LogP contribution in [0.1, 0.15) is 34.1 Å². The number of hydrogen-bond acceptors (Lipinski definition) is 3. The Kier molecular flexibility index (Phi) is 5.83. The fourth-order valence-electron chi connectivity index (χ4n) is 1.17. The van der Waals surface area contributed by atoms with Gasteiger partial charge in [0.2, 0.25) is 0 Å². The van der Waals surface area contributed by atoms with Gasteiger partial charge in [-0.2, -0.15) is 0 Å². The van der Waals surface area contributed by atoms with Crippen molar-refractivity contribution in [1.82, 2.24) is 4.90 Å². The fourth-order valence-corrected chi connectivity index (χ4v) is 1.17. The summed E-state index contributed by atoms with van der Waals surface area (Å²) in [7, 11) is 1.93. The number of carbonyl (C=O) groups is 1. The van der Waals surface area contributed by atoms with E-state index < -0.39 is 12.1 Å². The maximum atomic E-state index is 10.9. The molecule has 1 atom stereocenters. The molecular formula is C11H23NO3. The summed E-state index contributed by atoms with van der Waals surface area (Å²) in [6.45, 7) is 8.94. The molecule has 0 saturated carbocycles. The molecule has 0 amide bonds. The summed E-state index contributed by atoms with van der Waals surface area (Å²) in [5.41, 5.74) is 0.00476. The number of likely N-dealkylation sites (N-methyl/N-ethyl adjacent to an activating group) is 1. The van der Waals surface area contributed by atoms with E-state index in [0.717, 1.165) is 6.42 Å². The maximum Gasteiger partial charge on any atom is 0.334 e. The first-order chi connectivity index (χ1) is 6.85. The first-order valence-corrected chi connectivity index (χ1v) is 5.40. The molecule has 15 heavy (non-hydrogen) atoms. The van der Waals surface area contributed by atoms with E-state index in [0.29, 0.717) is 13.2 Å². The summed E-state index contributed by atoms with van der Waals surface area (Å²) in [4.78, 5) is 12.9. The zero-order chi connectivity index (χ0) is 12.1. The van der Waals surface area contributed by atoms with Crippen molar-refractivity contribution in [2.45, 2.75) is 45.8 Å². The van der Waals surface area contributed by atoms with Crippen LogP contribution >= 0.6 is 0 Å². The van der Waals surface area contributed by atoms with Gasteiger partial charge in [-0.05, 0) is 34.2 Å². The average molecular weight is 217 g/mol. The van der Waals surface area contributed by atoms with E-state index in [-0.39, 0.29) is 5.54 Å². The lowest BCUT2D eigenvalue weighted by molar-refractivity contribution is -0.152. The van der Waals surface area contributed by atoms with Crippen molar-refractivity contribution in [3.63, 3.8) is 0 Å². The summed E-state index contributed by atoms with van der Waals surface area (Å²) >= 11 is 0. The maximum absolute atomic E-state index is 10.9. The van der Waals surface area contributed by atoms with Gasteiger partial charge in [-0.3, -0.25) is 4.90 Å². The molecule has 0 rings (SSSR count). The van der Waals surface area contributed by atoms with E-state index in [1.165, 1.54) is 0 Å². The molecule has 0 spiro atoms. The van der Waals surface area contributed by atoms with Gasteiger partial charge in [0.1, 0.15) is 0 Å². The fraction of sp³-hybridized carbons (Fsp3) is 0.909. The molecule has 0 aliphatic heterocycles. The number of carboxylic acids is 1. The first-order valence-electron chi connectivity index (χ1n) is 5.40. The topological polar surface area (TPSA) is 49.8 Å². The molecule has 0 aromatic carbocycles. The predicted octanol–water partition coefficient (Wildman–Crippen LogP) is 1.60. The zero-order valence-corrected chi connectivity index (χ0v) is 10.4. The third-order valence-corrected chi connectivity index (χ3v) is 2.98. The van der Waals surface area contributed by atoms with Crippen LogP contribution in [0.4, 0.5) is 0 Å². The van der Waals surface area contributed by atoms with Crippen molar-refractivity contribution in [3.05, 3.63) is 0 Å². The third kappa shape index (κ3) is 4.62. The van der Waals surface area contributed by atoms with Crippen LogP contribution < -0.4 is 0 Å². The number of aliphatic carboxylic acids is 1. The van der Waals surface area contributed by atoms with E-state index in [1.807, 2.05) is 11.9 Å². The van der Waals surface area contributed by atoms with Crippen molar-refractivity contribution < 1.29 is 14.6 Å². The van der Waals surface area contributed by atoms with E-state index in [9.17, 15) is 4.79 Å². The van der Waals surface area contributed by atoms with Crippen molar-refractivity contribution in [3.8, 4) is 0 Å². The van der Waals surface area contributed by atoms with Crippen LogP contribution in [0.5, 0.6) is 0 Å². The first kappa shape index (κ1) is 14.4. The van der Waals surface area contributed by atoms with Crippen molar-refractivity contribution >= 4 is 5.97 Å². The summed E-state index contributed by atoms with van der Waals surface area (Å²) in [5.74, 6) is -0.893. The standard InChI is InChI=1S/C11H23NO3/c1-6-11(3,4)12(5)8-9(10(13)14)15-7-2/h9H,6-8H2,1-5H3,(H,13,14). The molecule has 0 aliphatic carbocycles. The molecule has 4 nitrogen and oxygen atoms in total. The molecule has 0 aromatic rings. The highest BCUT2D eigenvalue weighted by Crippen LogP contribution is 2.17. The number of nitrogens with zero attached hydrogens (tertiary/aromatic N) is 1. The van der Waals surface area contributed by atoms with Crippen molar-refractivity contribution in [2.75, 3.05) is 20.2 Å². The summed E-state index contributed by atoms with van der Waals surface area (Å²) in [6, 6.07) is 0. The minimum absolute atomic E-state index is 0.00476. The molecule has 0 heterocycles. The second-order valence-electron chi connectivity index (χ2n) is 4.33. The number of hydrogen-bond donors (Lipinski definition) is 1. The monoisotopic (exact) mass is 217 g/mol. The molecule has 1 N–H and O–H groups in total. The van der Waals surface area contributed by atoms with Crippen LogP contribution in [0.3, 0.4) is 0 Å². The molecule has 0 saturated heterocycles. The number of rotatable bonds is 7. The number of carboxylic acid groups (broad SMARTS) is 1. The van der Waals surface area contributed by atoms with Crippen LogP contribution in [0, 0.1) is 0 Å². The quantitative estimate of drug-likeness (QED) is 0.703. The van der Waals surface area contributed by atoms with Gasteiger partial charge in [0.15, 0.2) is 6.10 Å². The normalized spacial score (nSPS) is 14.3. The smallest absolute Gasteiger partial charge is 0.334 e. The Hall–Kier alpha value is -0.610. The van der Waals surface area contributed by atoms with Gasteiger partial charge in [0, 0.05) is 18.7 Å². The average Bonchev–Trinajstić information content (AvgIpc) is 2.16. The van der Waals surface area contributed by atoms with E-state index >= 15 is 0 Å². The second-order valence-corrected chi connectivity index (χ2v) is 4.33. The molecule has 0 bridgehead atoms. The molecular weight excluding hydrogens is 194 g/mol. The second kappa shape index (κ2) is 6.08. The highest BCUT2D eigenvalue weighted by molar-refractivity contribution is 5.72. The lowest BCUT2D eigenvalue weighted by Gasteiger charge is -2.36. The van der Waals surface area contributed by atoms with Gasteiger partial charge in [0.25, 0.3) is 0 Å². The highest BCUT2D eigenvalue weighted by atomic mass is 16.5. The minimum atomic E-state index is -0.893. The zero-order valence-electron chi connectivity index (χ0n) is 10.4. The molecule has 90 valence electrons. The Morgan fingerprint density at radius 3 is 2.33 bits per heavy atom. The van der Waals surface area contributed by atoms with Crippen LogP contribution in [0.15, 0.2) is 0 Å². The molecule has 0 aromatic heterocycles. The minimum Gasteiger partial charge on any atom is -0.479 e.